The Morgan fingerprint density at radius 1 is 0.815 bits per heavy atom. The monoisotopic (exact) mass is 373 g/mol. The van der Waals surface area contributed by atoms with Crippen molar-refractivity contribution in [1.82, 2.24) is 5.32 Å². The van der Waals surface area contributed by atoms with Gasteiger partial charge in [0.1, 0.15) is 24.7 Å². The van der Waals surface area contributed by atoms with Crippen molar-refractivity contribution >= 4 is 0 Å². The Morgan fingerprint density at radius 3 is 2.30 bits per heavy atom. The van der Waals surface area contributed by atoms with Gasteiger partial charge in [0.15, 0.2) is 0 Å². The van der Waals surface area contributed by atoms with Gasteiger partial charge in [0.05, 0.1) is 13.2 Å². The Bertz CT molecular complexity index is 675. The van der Waals surface area contributed by atoms with Gasteiger partial charge in [0.25, 0.3) is 0 Å². The van der Waals surface area contributed by atoms with E-state index in [4.69, 9.17) is 18.9 Å². The van der Waals surface area contributed by atoms with Crippen LogP contribution in [0.3, 0.4) is 0 Å². The van der Waals surface area contributed by atoms with Crippen LogP contribution in [-0.2, 0) is 22.4 Å². The normalized spacial score (nSPS) is 10.8. The maximum atomic E-state index is 5.88. The van der Waals surface area contributed by atoms with E-state index in [9.17, 15) is 0 Å². The van der Waals surface area contributed by atoms with Gasteiger partial charge < -0.3 is 24.3 Å². The number of methoxy groups -OCH3 is 2. The number of hydrogen-bond donors (Lipinski definition) is 1. The molecule has 2 rings (SSSR count). The highest BCUT2D eigenvalue weighted by molar-refractivity contribution is 5.40. The van der Waals surface area contributed by atoms with Gasteiger partial charge in [-0.05, 0) is 37.1 Å². The Labute approximate surface area is 162 Å². The van der Waals surface area contributed by atoms with Crippen LogP contribution in [0.25, 0.3) is 0 Å². The topological polar surface area (TPSA) is 49.0 Å². The highest BCUT2D eigenvalue weighted by Gasteiger charge is 2.07. The highest BCUT2D eigenvalue weighted by Crippen LogP contribution is 2.25. The number of nitrogens with one attached hydrogen (secondary N) is 1. The SMILES string of the molecule is COCCOc1ccc(CNCCc2ccccc2C)c(OCCOC)c1. The Kier molecular flexibility index (Phi) is 9.69. The smallest absolute Gasteiger partial charge is 0.127 e. The van der Waals surface area contributed by atoms with E-state index in [1.54, 1.807) is 14.2 Å². The summed E-state index contributed by atoms with van der Waals surface area (Å²) in [5.41, 5.74) is 3.82. The van der Waals surface area contributed by atoms with Crippen molar-refractivity contribution in [2.45, 2.75) is 19.9 Å². The zero-order valence-electron chi connectivity index (χ0n) is 16.6. The fourth-order valence-corrected chi connectivity index (χ4v) is 2.72. The van der Waals surface area contributed by atoms with Crippen molar-refractivity contribution in [2.75, 3.05) is 47.2 Å². The maximum absolute atomic E-state index is 5.88. The molecule has 2 aromatic carbocycles. The number of benzene rings is 2. The molecule has 5 nitrogen and oxygen atoms in total. The second-order valence-corrected chi connectivity index (χ2v) is 6.31. The second kappa shape index (κ2) is 12.3. The van der Waals surface area contributed by atoms with Crippen LogP contribution in [0.15, 0.2) is 42.5 Å². The van der Waals surface area contributed by atoms with Gasteiger partial charge in [-0.3, -0.25) is 0 Å². The molecule has 1 N–H and O–H groups in total. The molecule has 0 saturated heterocycles. The molecule has 0 spiro atoms. The Balaban J connectivity index is 1.91. The van der Waals surface area contributed by atoms with Crippen LogP contribution in [0, 0.1) is 6.92 Å². The summed E-state index contributed by atoms with van der Waals surface area (Å²) in [6.45, 7) is 5.94. The Morgan fingerprint density at radius 2 is 1.56 bits per heavy atom. The molecule has 0 bridgehead atoms. The van der Waals surface area contributed by atoms with Crippen LogP contribution in [0.1, 0.15) is 16.7 Å². The lowest BCUT2D eigenvalue weighted by atomic mass is 10.1. The quantitative estimate of drug-likeness (QED) is 0.546. The number of ether oxygens (including phenoxy) is 4. The molecule has 0 atom stereocenters. The van der Waals surface area contributed by atoms with Gasteiger partial charge in [-0.1, -0.05) is 30.3 Å². The van der Waals surface area contributed by atoms with Gasteiger partial charge in [-0.15, -0.1) is 0 Å². The minimum atomic E-state index is 0.508. The predicted molar refractivity (Wildman–Crippen MR) is 108 cm³/mol. The van der Waals surface area contributed by atoms with Crippen molar-refractivity contribution in [3.63, 3.8) is 0 Å². The lowest BCUT2D eigenvalue weighted by Crippen LogP contribution is -2.18. The summed E-state index contributed by atoms with van der Waals surface area (Å²) in [6, 6.07) is 14.5. The fraction of sp³-hybridized carbons (Fsp3) is 0.455. The van der Waals surface area contributed by atoms with Crippen LogP contribution in [0.2, 0.25) is 0 Å². The first kappa shape index (κ1) is 21.2. The highest BCUT2D eigenvalue weighted by atomic mass is 16.5. The van der Waals surface area contributed by atoms with E-state index in [2.05, 4.69) is 36.5 Å². The summed E-state index contributed by atoms with van der Waals surface area (Å²) in [4.78, 5) is 0. The number of rotatable bonds is 13. The van der Waals surface area contributed by atoms with Crippen LogP contribution in [0.4, 0.5) is 0 Å². The van der Waals surface area contributed by atoms with Gasteiger partial charge in [-0.2, -0.15) is 0 Å². The van der Waals surface area contributed by atoms with Gasteiger partial charge in [0.2, 0.25) is 0 Å². The van der Waals surface area contributed by atoms with E-state index in [1.807, 2.05) is 18.2 Å². The van der Waals surface area contributed by atoms with E-state index in [1.165, 1.54) is 11.1 Å². The lowest BCUT2D eigenvalue weighted by molar-refractivity contribution is 0.142. The fourth-order valence-electron chi connectivity index (χ4n) is 2.72. The van der Waals surface area contributed by atoms with Crippen LogP contribution in [-0.4, -0.2) is 47.2 Å². The zero-order chi connectivity index (χ0) is 19.3. The largest absolute Gasteiger partial charge is 0.491 e. The maximum Gasteiger partial charge on any atom is 0.127 e. The minimum Gasteiger partial charge on any atom is -0.491 e. The summed E-state index contributed by atoms with van der Waals surface area (Å²) in [6.07, 6.45) is 1.00. The summed E-state index contributed by atoms with van der Waals surface area (Å²) < 4.78 is 21.7. The zero-order valence-corrected chi connectivity index (χ0v) is 16.6. The van der Waals surface area contributed by atoms with E-state index in [-0.39, 0.29) is 0 Å². The van der Waals surface area contributed by atoms with Gasteiger partial charge in [-0.25, -0.2) is 0 Å². The second-order valence-electron chi connectivity index (χ2n) is 6.31. The molecule has 0 unspecified atom stereocenters. The van der Waals surface area contributed by atoms with Crippen molar-refractivity contribution in [2.24, 2.45) is 0 Å². The first-order valence-corrected chi connectivity index (χ1v) is 9.36. The molecule has 0 fully saturated rings. The average Bonchev–Trinajstić information content (AvgIpc) is 2.68. The Hall–Kier alpha value is -2.08. The number of aryl methyl sites for hydroxylation is 1. The standard InChI is InChI=1S/C22H31NO4/c1-18-6-4-5-7-19(18)10-11-23-17-20-8-9-21(26-14-12-24-2)16-22(20)27-15-13-25-3/h4-9,16,23H,10-15,17H2,1-3H3. The molecule has 0 aliphatic rings. The van der Waals surface area contributed by atoms with Gasteiger partial charge in [0, 0.05) is 32.4 Å². The third-order valence-corrected chi connectivity index (χ3v) is 4.29. The number of hydrogen-bond acceptors (Lipinski definition) is 5. The molecule has 0 amide bonds. The molecule has 0 radical (unpaired) electrons. The molecule has 0 aromatic heterocycles. The molecule has 0 aliphatic carbocycles. The molecule has 0 heterocycles. The molecule has 27 heavy (non-hydrogen) atoms. The molecule has 0 aliphatic heterocycles. The molecule has 0 saturated carbocycles. The van der Waals surface area contributed by atoms with Crippen molar-refractivity contribution in [1.29, 1.82) is 0 Å². The lowest BCUT2D eigenvalue weighted by Gasteiger charge is -2.15. The third-order valence-electron chi connectivity index (χ3n) is 4.29. The molecule has 5 heteroatoms. The first-order valence-electron chi connectivity index (χ1n) is 9.36. The molecule has 148 valence electrons. The van der Waals surface area contributed by atoms with Crippen molar-refractivity contribution in [3.8, 4) is 11.5 Å². The molecular weight excluding hydrogens is 342 g/mol. The molecule has 2 aromatic rings. The first-order chi connectivity index (χ1) is 13.2. The predicted octanol–water partition coefficient (Wildman–Crippen LogP) is 3.38. The van der Waals surface area contributed by atoms with Crippen LogP contribution in [0.5, 0.6) is 11.5 Å². The van der Waals surface area contributed by atoms with E-state index >= 15 is 0 Å². The van der Waals surface area contributed by atoms with E-state index in [0.29, 0.717) is 26.4 Å². The summed E-state index contributed by atoms with van der Waals surface area (Å²) in [7, 11) is 3.33. The van der Waals surface area contributed by atoms with Crippen LogP contribution >= 0.6 is 0 Å². The van der Waals surface area contributed by atoms with Crippen molar-refractivity contribution < 1.29 is 18.9 Å². The van der Waals surface area contributed by atoms with E-state index in [0.717, 1.165) is 36.6 Å². The van der Waals surface area contributed by atoms with E-state index < -0.39 is 0 Å². The average molecular weight is 373 g/mol. The van der Waals surface area contributed by atoms with Crippen molar-refractivity contribution in [3.05, 3.63) is 59.2 Å². The summed E-state index contributed by atoms with van der Waals surface area (Å²) in [5.74, 6) is 1.61. The van der Waals surface area contributed by atoms with Crippen LogP contribution < -0.4 is 14.8 Å². The summed E-state index contributed by atoms with van der Waals surface area (Å²) in [5, 5.41) is 3.51. The third kappa shape index (κ3) is 7.59. The minimum absolute atomic E-state index is 0.508. The summed E-state index contributed by atoms with van der Waals surface area (Å²) >= 11 is 0. The van der Waals surface area contributed by atoms with Gasteiger partial charge >= 0.3 is 0 Å². The molecular formula is C22H31NO4.